The quantitative estimate of drug-likeness (QED) is 0.654. The Balaban J connectivity index is 2.13. The third-order valence-electron chi connectivity index (χ3n) is 4.14. The maximum Gasteiger partial charge on any atom is 0.0471 e. The maximum atomic E-state index is 6.48. The second-order valence-electron chi connectivity index (χ2n) is 6.09. The van der Waals surface area contributed by atoms with Gasteiger partial charge in [-0.05, 0) is 37.8 Å². The minimum atomic E-state index is 0.717. The van der Waals surface area contributed by atoms with Crippen LogP contribution >= 0.6 is 11.6 Å². The highest BCUT2D eigenvalue weighted by molar-refractivity contribution is 6.31. The van der Waals surface area contributed by atoms with Gasteiger partial charge in [-0.15, -0.1) is 0 Å². The molecule has 0 atom stereocenters. The first-order chi connectivity index (χ1) is 10.3. The lowest BCUT2D eigenvalue weighted by Gasteiger charge is -2.28. The van der Waals surface area contributed by atoms with E-state index in [1.165, 1.54) is 49.8 Å². The van der Waals surface area contributed by atoms with Gasteiger partial charge in [0.15, 0.2) is 0 Å². The first-order valence-electron chi connectivity index (χ1n) is 8.52. The van der Waals surface area contributed by atoms with Crippen molar-refractivity contribution in [1.82, 2.24) is 5.32 Å². The standard InChI is InChI=1S/C18H29ClN2/c1-3-5-12-21(13-6-4-2)18-9-7-8-17(19)16(18)14-20-15-10-11-15/h7-9,15,20H,3-6,10-14H2,1-2H3. The number of hydrogen-bond donors (Lipinski definition) is 1. The van der Waals surface area contributed by atoms with Gasteiger partial charge in [0.25, 0.3) is 0 Å². The molecule has 0 unspecified atom stereocenters. The molecule has 1 aliphatic carbocycles. The van der Waals surface area contributed by atoms with Crippen LogP contribution in [0.15, 0.2) is 18.2 Å². The van der Waals surface area contributed by atoms with Crippen LogP contribution < -0.4 is 10.2 Å². The molecule has 118 valence electrons. The number of benzene rings is 1. The summed E-state index contributed by atoms with van der Waals surface area (Å²) in [6, 6.07) is 7.06. The minimum absolute atomic E-state index is 0.717. The monoisotopic (exact) mass is 308 g/mol. The summed E-state index contributed by atoms with van der Waals surface area (Å²) in [7, 11) is 0. The first-order valence-corrected chi connectivity index (χ1v) is 8.89. The van der Waals surface area contributed by atoms with Crippen LogP contribution in [0.1, 0.15) is 57.9 Å². The van der Waals surface area contributed by atoms with Crippen LogP contribution in [0.2, 0.25) is 5.02 Å². The number of hydrogen-bond acceptors (Lipinski definition) is 2. The number of anilines is 1. The molecule has 1 aliphatic rings. The summed E-state index contributed by atoms with van der Waals surface area (Å²) in [5.74, 6) is 0. The summed E-state index contributed by atoms with van der Waals surface area (Å²) in [5.41, 5.74) is 2.61. The van der Waals surface area contributed by atoms with Gasteiger partial charge in [-0.2, -0.15) is 0 Å². The lowest BCUT2D eigenvalue weighted by molar-refractivity contribution is 0.660. The predicted octanol–water partition coefficient (Wildman–Crippen LogP) is 5.00. The second-order valence-corrected chi connectivity index (χ2v) is 6.49. The van der Waals surface area contributed by atoms with E-state index >= 15 is 0 Å². The summed E-state index contributed by atoms with van der Waals surface area (Å²) in [4.78, 5) is 2.53. The van der Waals surface area contributed by atoms with Gasteiger partial charge in [-0.3, -0.25) is 0 Å². The summed E-state index contributed by atoms with van der Waals surface area (Å²) >= 11 is 6.48. The molecule has 0 bridgehead atoms. The fraction of sp³-hybridized carbons (Fsp3) is 0.667. The van der Waals surface area contributed by atoms with Gasteiger partial charge in [0.2, 0.25) is 0 Å². The van der Waals surface area contributed by atoms with Gasteiger partial charge < -0.3 is 10.2 Å². The van der Waals surface area contributed by atoms with Gasteiger partial charge in [0, 0.05) is 41.9 Å². The van der Waals surface area contributed by atoms with E-state index in [2.05, 4.69) is 36.2 Å². The fourth-order valence-electron chi connectivity index (χ4n) is 2.60. The SMILES string of the molecule is CCCCN(CCCC)c1cccc(Cl)c1CNC1CC1. The van der Waals surface area contributed by atoms with Gasteiger partial charge in [0.05, 0.1) is 0 Å². The highest BCUT2D eigenvalue weighted by Crippen LogP contribution is 2.29. The van der Waals surface area contributed by atoms with Gasteiger partial charge in [-0.25, -0.2) is 0 Å². The average molecular weight is 309 g/mol. The largest absolute Gasteiger partial charge is 0.371 e. The van der Waals surface area contributed by atoms with Crippen LogP contribution in [0.3, 0.4) is 0 Å². The van der Waals surface area contributed by atoms with Crippen molar-refractivity contribution in [3.63, 3.8) is 0 Å². The Labute approximate surface area is 134 Å². The number of nitrogens with zero attached hydrogens (tertiary/aromatic N) is 1. The van der Waals surface area contributed by atoms with Crippen LogP contribution in [0, 0.1) is 0 Å². The van der Waals surface area contributed by atoms with Crippen molar-refractivity contribution in [2.45, 2.75) is 65.0 Å². The Hall–Kier alpha value is -0.730. The van der Waals surface area contributed by atoms with E-state index in [9.17, 15) is 0 Å². The fourth-order valence-corrected chi connectivity index (χ4v) is 2.84. The van der Waals surface area contributed by atoms with Gasteiger partial charge in [-0.1, -0.05) is 44.4 Å². The van der Waals surface area contributed by atoms with Gasteiger partial charge in [0.1, 0.15) is 0 Å². The van der Waals surface area contributed by atoms with Crippen molar-refractivity contribution >= 4 is 17.3 Å². The summed E-state index contributed by atoms with van der Waals surface area (Å²) in [5, 5.41) is 4.51. The molecule has 2 rings (SSSR count). The Morgan fingerprint density at radius 2 is 1.81 bits per heavy atom. The number of unbranched alkanes of at least 4 members (excludes halogenated alkanes) is 2. The third kappa shape index (κ3) is 5.19. The molecule has 1 fully saturated rings. The predicted molar refractivity (Wildman–Crippen MR) is 93.3 cm³/mol. The smallest absolute Gasteiger partial charge is 0.0471 e. The topological polar surface area (TPSA) is 15.3 Å². The average Bonchev–Trinajstić information content (AvgIpc) is 3.30. The normalized spacial score (nSPS) is 14.4. The number of nitrogens with one attached hydrogen (secondary N) is 1. The van der Waals surface area contributed by atoms with E-state index in [0.717, 1.165) is 24.7 Å². The molecule has 3 heteroatoms. The molecule has 0 aliphatic heterocycles. The van der Waals surface area contributed by atoms with E-state index in [0.29, 0.717) is 6.04 Å². The van der Waals surface area contributed by atoms with E-state index in [4.69, 9.17) is 11.6 Å². The van der Waals surface area contributed by atoms with Crippen molar-refractivity contribution in [3.8, 4) is 0 Å². The molecule has 0 aromatic heterocycles. The molecule has 0 spiro atoms. The van der Waals surface area contributed by atoms with E-state index < -0.39 is 0 Å². The lowest BCUT2D eigenvalue weighted by atomic mass is 10.1. The second kappa shape index (κ2) is 8.65. The molecule has 2 nitrogen and oxygen atoms in total. The van der Waals surface area contributed by atoms with Crippen LogP contribution in [-0.4, -0.2) is 19.1 Å². The highest BCUT2D eigenvalue weighted by Gasteiger charge is 2.22. The van der Waals surface area contributed by atoms with Crippen LogP contribution in [0.25, 0.3) is 0 Å². The molecule has 0 heterocycles. The number of halogens is 1. The molecule has 0 radical (unpaired) electrons. The molecule has 1 saturated carbocycles. The Bertz CT molecular complexity index is 421. The molecule has 0 saturated heterocycles. The van der Waals surface area contributed by atoms with Crippen molar-refractivity contribution in [2.75, 3.05) is 18.0 Å². The van der Waals surface area contributed by atoms with E-state index in [1.54, 1.807) is 0 Å². The highest BCUT2D eigenvalue weighted by atomic mass is 35.5. The molecule has 21 heavy (non-hydrogen) atoms. The van der Waals surface area contributed by atoms with Crippen molar-refractivity contribution in [1.29, 1.82) is 0 Å². The summed E-state index contributed by atoms with van der Waals surface area (Å²) < 4.78 is 0. The van der Waals surface area contributed by atoms with Crippen LogP contribution in [0.5, 0.6) is 0 Å². The Morgan fingerprint density at radius 1 is 1.14 bits per heavy atom. The van der Waals surface area contributed by atoms with Crippen molar-refractivity contribution in [3.05, 3.63) is 28.8 Å². The number of rotatable bonds is 10. The van der Waals surface area contributed by atoms with Crippen LogP contribution in [-0.2, 0) is 6.54 Å². The molecular formula is C18H29ClN2. The molecule has 1 aromatic carbocycles. The van der Waals surface area contributed by atoms with Crippen LogP contribution in [0.4, 0.5) is 5.69 Å². The lowest BCUT2D eigenvalue weighted by Crippen LogP contribution is -2.28. The third-order valence-corrected chi connectivity index (χ3v) is 4.50. The van der Waals surface area contributed by atoms with E-state index in [-0.39, 0.29) is 0 Å². The summed E-state index contributed by atoms with van der Waals surface area (Å²) in [6.45, 7) is 7.67. The maximum absolute atomic E-state index is 6.48. The van der Waals surface area contributed by atoms with Gasteiger partial charge >= 0.3 is 0 Å². The first kappa shape index (κ1) is 16.6. The van der Waals surface area contributed by atoms with Crippen molar-refractivity contribution < 1.29 is 0 Å². The summed E-state index contributed by atoms with van der Waals surface area (Å²) in [6.07, 6.45) is 7.58. The molecule has 0 amide bonds. The Morgan fingerprint density at radius 3 is 2.38 bits per heavy atom. The zero-order valence-corrected chi connectivity index (χ0v) is 14.3. The molecular weight excluding hydrogens is 280 g/mol. The van der Waals surface area contributed by atoms with Crippen molar-refractivity contribution in [2.24, 2.45) is 0 Å². The molecule has 1 aromatic rings. The zero-order chi connectivity index (χ0) is 15.1. The van der Waals surface area contributed by atoms with E-state index in [1.807, 2.05) is 6.07 Å². The molecule has 1 N–H and O–H groups in total. The Kier molecular flexibility index (Phi) is 6.85. The minimum Gasteiger partial charge on any atom is -0.371 e. The zero-order valence-electron chi connectivity index (χ0n) is 13.5.